The average Bonchev–Trinajstić information content (AvgIpc) is 2.54. The van der Waals surface area contributed by atoms with Gasteiger partial charge in [-0.05, 0) is 24.3 Å². The summed E-state index contributed by atoms with van der Waals surface area (Å²) >= 11 is 11.6. The van der Waals surface area contributed by atoms with Crippen LogP contribution < -0.4 is 10.6 Å². The first-order chi connectivity index (χ1) is 11.0. The van der Waals surface area contributed by atoms with Crippen LogP contribution in [0.15, 0.2) is 42.5 Å². The number of hydrogen-bond acceptors (Lipinski definition) is 2. The Bertz CT molecular complexity index is 738. The first-order valence-corrected chi connectivity index (χ1v) is 7.46. The molecule has 0 unspecified atom stereocenters. The molecule has 0 aliphatic rings. The number of halogens is 3. The highest BCUT2D eigenvalue weighted by atomic mass is 35.5. The molecular formula is C16H13Cl2FN2O2. The van der Waals surface area contributed by atoms with Gasteiger partial charge in [0.1, 0.15) is 5.82 Å². The second-order valence-electron chi connectivity index (χ2n) is 4.68. The summed E-state index contributed by atoms with van der Waals surface area (Å²) in [6.07, 6.45) is 0. The minimum absolute atomic E-state index is 0.0498. The van der Waals surface area contributed by atoms with Crippen molar-refractivity contribution < 1.29 is 14.0 Å². The highest BCUT2D eigenvalue weighted by molar-refractivity contribution is 6.42. The summed E-state index contributed by atoms with van der Waals surface area (Å²) in [5.74, 6) is -1.28. The molecule has 2 amide bonds. The molecule has 2 aromatic rings. The molecule has 0 aliphatic heterocycles. The molecule has 120 valence electrons. The van der Waals surface area contributed by atoms with Crippen LogP contribution in [-0.2, 0) is 11.3 Å². The summed E-state index contributed by atoms with van der Waals surface area (Å²) in [5.41, 5.74) is 0.665. The third-order valence-corrected chi connectivity index (χ3v) is 3.76. The summed E-state index contributed by atoms with van der Waals surface area (Å²) in [7, 11) is 0. The fourth-order valence-corrected chi connectivity index (χ4v) is 2.10. The maximum atomic E-state index is 13.4. The lowest BCUT2D eigenvalue weighted by Gasteiger charge is -2.08. The van der Waals surface area contributed by atoms with E-state index in [0.29, 0.717) is 16.1 Å². The zero-order valence-electron chi connectivity index (χ0n) is 11.9. The van der Waals surface area contributed by atoms with E-state index < -0.39 is 17.6 Å². The van der Waals surface area contributed by atoms with E-state index in [1.54, 1.807) is 18.2 Å². The Balaban J connectivity index is 1.83. The van der Waals surface area contributed by atoms with Gasteiger partial charge in [0.25, 0.3) is 5.91 Å². The van der Waals surface area contributed by atoms with Gasteiger partial charge in [0.05, 0.1) is 16.6 Å². The van der Waals surface area contributed by atoms with E-state index in [-0.39, 0.29) is 18.1 Å². The highest BCUT2D eigenvalue weighted by Crippen LogP contribution is 2.22. The van der Waals surface area contributed by atoms with Crippen LogP contribution in [0.5, 0.6) is 0 Å². The van der Waals surface area contributed by atoms with Crippen molar-refractivity contribution in [3.63, 3.8) is 0 Å². The Kier molecular flexibility index (Phi) is 5.96. The molecule has 4 nitrogen and oxygen atoms in total. The third-order valence-electron chi connectivity index (χ3n) is 3.03. The standard InChI is InChI=1S/C16H13Cl2FN2O2/c17-12-6-5-10(7-13(12)18)16(23)21-9-15(22)20-8-11-3-1-2-4-14(11)19/h1-7H,8-9H2,(H,20,22)(H,21,23). The van der Waals surface area contributed by atoms with E-state index >= 15 is 0 Å². The summed E-state index contributed by atoms with van der Waals surface area (Å²) in [6, 6.07) is 10.5. The number of hydrogen-bond donors (Lipinski definition) is 2. The van der Waals surface area contributed by atoms with Gasteiger partial charge >= 0.3 is 0 Å². The molecule has 0 atom stereocenters. The van der Waals surface area contributed by atoms with Crippen LogP contribution >= 0.6 is 23.2 Å². The first kappa shape index (κ1) is 17.2. The van der Waals surface area contributed by atoms with Gasteiger partial charge < -0.3 is 10.6 Å². The predicted molar refractivity (Wildman–Crippen MR) is 87.0 cm³/mol. The molecular weight excluding hydrogens is 342 g/mol. The number of carbonyl (C=O) groups excluding carboxylic acids is 2. The molecule has 23 heavy (non-hydrogen) atoms. The summed E-state index contributed by atoms with van der Waals surface area (Å²) in [4.78, 5) is 23.6. The molecule has 0 saturated carbocycles. The Morgan fingerprint density at radius 3 is 2.43 bits per heavy atom. The number of carbonyl (C=O) groups is 2. The number of amides is 2. The smallest absolute Gasteiger partial charge is 0.251 e. The van der Waals surface area contributed by atoms with E-state index in [9.17, 15) is 14.0 Å². The van der Waals surface area contributed by atoms with E-state index in [4.69, 9.17) is 23.2 Å². The quantitative estimate of drug-likeness (QED) is 0.866. The van der Waals surface area contributed by atoms with Crippen LogP contribution in [0.25, 0.3) is 0 Å². The van der Waals surface area contributed by atoms with Crippen molar-refractivity contribution >= 4 is 35.0 Å². The molecule has 0 radical (unpaired) electrons. The van der Waals surface area contributed by atoms with Gasteiger partial charge in [-0.3, -0.25) is 9.59 Å². The van der Waals surface area contributed by atoms with Crippen LogP contribution in [0, 0.1) is 5.82 Å². The molecule has 2 rings (SSSR count). The van der Waals surface area contributed by atoms with E-state index in [0.717, 1.165) is 0 Å². The van der Waals surface area contributed by atoms with Gasteiger partial charge in [0.2, 0.25) is 5.91 Å². The van der Waals surface area contributed by atoms with Gasteiger partial charge in [-0.15, -0.1) is 0 Å². The monoisotopic (exact) mass is 354 g/mol. The van der Waals surface area contributed by atoms with Crippen molar-refractivity contribution in [2.24, 2.45) is 0 Å². The van der Waals surface area contributed by atoms with Crippen molar-refractivity contribution in [2.45, 2.75) is 6.54 Å². The number of nitrogens with one attached hydrogen (secondary N) is 2. The fraction of sp³-hybridized carbons (Fsp3) is 0.125. The molecule has 0 aliphatic carbocycles. The maximum absolute atomic E-state index is 13.4. The van der Waals surface area contributed by atoms with Crippen LogP contribution in [0.3, 0.4) is 0 Å². The van der Waals surface area contributed by atoms with E-state index in [2.05, 4.69) is 10.6 Å². The summed E-state index contributed by atoms with van der Waals surface area (Å²) in [5, 5.41) is 5.57. The molecule has 0 fully saturated rings. The molecule has 2 aromatic carbocycles. The lowest BCUT2D eigenvalue weighted by atomic mass is 10.2. The Hall–Kier alpha value is -2.11. The van der Waals surface area contributed by atoms with Crippen LogP contribution in [-0.4, -0.2) is 18.4 Å². The zero-order valence-corrected chi connectivity index (χ0v) is 13.4. The number of rotatable bonds is 5. The molecule has 7 heteroatoms. The first-order valence-electron chi connectivity index (χ1n) is 6.70. The minimum Gasteiger partial charge on any atom is -0.350 e. The van der Waals surface area contributed by atoms with Crippen molar-refractivity contribution in [1.82, 2.24) is 10.6 Å². The molecule has 0 aromatic heterocycles. The molecule has 0 saturated heterocycles. The SMILES string of the molecule is O=C(CNC(=O)c1ccc(Cl)c(Cl)c1)NCc1ccccc1F. The van der Waals surface area contributed by atoms with Gasteiger partial charge in [-0.2, -0.15) is 0 Å². The molecule has 2 N–H and O–H groups in total. The van der Waals surface area contributed by atoms with E-state index in [1.807, 2.05) is 0 Å². The van der Waals surface area contributed by atoms with Gasteiger partial charge in [0, 0.05) is 17.7 Å². The molecule has 0 heterocycles. The van der Waals surface area contributed by atoms with Crippen LogP contribution in [0.4, 0.5) is 4.39 Å². The zero-order chi connectivity index (χ0) is 16.8. The lowest BCUT2D eigenvalue weighted by molar-refractivity contribution is -0.120. The minimum atomic E-state index is -0.454. The summed E-state index contributed by atoms with van der Waals surface area (Å²) in [6.45, 7) is -0.179. The van der Waals surface area contributed by atoms with Gasteiger partial charge in [-0.25, -0.2) is 4.39 Å². The molecule has 0 spiro atoms. The second-order valence-corrected chi connectivity index (χ2v) is 5.49. The highest BCUT2D eigenvalue weighted by Gasteiger charge is 2.10. The topological polar surface area (TPSA) is 58.2 Å². The van der Waals surface area contributed by atoms with Crippen molar-refractivity contribution in [3.05, 3.63) is 69.5 Å². The maximum Gasteiger partial charge on any atom is 0.251 e. The van der Waals surface area contributed by atoms with Crippen molar-refractivity contribution in [3.8, 4) is 0 Å². The van der Waals surface area contributed by atoms with Crippen molar-refractivity contribution in [2.75, 3.05) is 6.54 Å². The summed E-state index contributed by atoms with van der Waals surface area (Å²) < 4.78 is 13.4. The Morgan fingerprint density at radius 1 is 1.00 bits per heavy atom. The molecule has 0 bridgehead atoms. The Labute approximate surface area is 142 Å². The number of benzene rings is 2. The third kappa shape index (κ3) is 4.94. The Morgan fingerprint density at radius 2 is 1.74 bits per heavy atom. The second kappa shape index (κ2) is 7.94. The van der Waals surface area contributed by atoms with Crippen LogP contribution in [0.2, 0.25) is 10.0 Å². The normalized spacial score (nSPS) is 10.2. The van der Waals surface area contributed by atoms with Gasteiger partial charge in [0.15, 0.2) is 0 Å². The average molecular weight is 355 g/mol. The van der Waals surface area contributed by atoms with Crippen molar-refractivity contribution in [1.29, 1.82) is 0 Å². The van der Waals surface area contributed by atoms with Gasteiger partial charge in [-0.1, -0.05) is 41.4 Å². The predicted octanol–water partition coefficient (Wildman–Crippen LogP) is 3.18. The fourth-order valence-electron chi connectivity index (χ4n) is 1.80. The largest absolute Gasteiger partial charge is 0.350 e. The van der Waals surface area contributed by atoms with E-state index in [1.165, 1.54) is 24.3 Å². The lowest BCUT2D eigenvalue weighted by Crippen LogP contribution is -2.36. The van der Waals surface area contributed by atoms with Crippen LogP contribution in [0.1, 0.15) is 15.9 Å².